The summed E-state index contributed by atoms with van der Waals surface area (Å²) in [6.45, 7) is 0. The molecule has 3 rings (SSSR count). The number of rotatable bonds is 1. The van der Waals surface area contributed by atoms with Gasteiger partial charge in [0, 0.05) is 16.7 Å². The maximum atomic E-state index is 12.2. The summed E-state index contributed by atoms with van der Waals surface area (Å²) in [4.78, 5) is 24.8. The van der Waals surface area contributed by atoms with E-state index in [0.29, 0.717) is 27.3 Å². The Balaban J connectivity index is 2.27. The first-order chi connectivity index (χ1) is 8.22. The van der Waals surface area contributed by atoms with E-state index >= 15 is 0 Å². The number of hydrogen-bond acceptors (Lipinski definition) is 4. The first-order valence-corrected chi connectivity index (χ1v) is 5.95. The second-order valence-electron chi connectivity index (χ2n) is 3.73. The van der Waals surface area contributed by atoms with Crippen LogP contribution < -0.4 is 4.74 Å². The highest BCUT2D eigenvalue weighted by Gasteiger charge is 2.30. The SMILES string of the molecule is COc1ccc2c(c1)C(=O)c1ccsc1C2=O. The fourth-order valence-corrected chi connectivity index (χ4v) is 2.81. The van der Waals surface area contributed by atoms with Crippen LogP contribution in [0.3, 0.4) is 0 Å². The Morgan fingerprint density at radius 1 is 1.00 bits per heavy atom. The molecule has 0 fully saturated rings. The summed E-state index contributed by atoms with van der Waals surface area (Å²) in [6.07, 6.45) is 0. The van der Waals surface area contributed by atoms with Gasteiger partial charge in [0.15, 0.2) is 5.78 Å². The van der Waals surface area contributed by atoms with Gasteiger partial charge in [-0.3, -0.25) is 9.59 Å². The van der Waals surface area contributed by atoms with Gasteiger partial charge in [-0.05, 0) is 29.6 Å². The van der Waals surface area contributed by atoms with Gasteiger partial charge in [-0.1, -0.05) is 0 Å². The van der Waals surface area contributed by atoms with Crippen LogP contribution in [0.1, 0.15) is 31.2 Å². The molecule has 0 radical (unpaired) electrons. The lowest BCUT2D eigenvalue weighted by atomic mass is 9.89. The standard InChI is InChI=1S/C13H8O3S/c1-16-7-2-3-8-10(6-7)11(14)9-4-5-17-13(9)12(8)15/h2-6H,1H3. The average molecular weight is 244 g/mol. The summed E-state index contributed by atoms with van der Waals surface area (Å²) in [7, 11) is 1.53. The summed E-state index contributed by atoms with van der Waals surface area (Å²) >= 11 is 1.31. The second kappa shape index (κ2) is 3.53. The van der Waals surface area contributed by atoms with Crippen molar-refractivity contribution in [2.24, 2.45) is 0 Å². The first-order valence-electron chi connectivity index (χ1n) is 5.07. The van der Waals surface area contributed by atoms with E-state index in [1.165, 1.54) is 18.4 Å². The number of fused-ring (bicyclic) bond motifs is 2. The van der Waals surface area contributed by atoms with Gasteiger partial charge < -0.3 is 4.74 Å². The van der Waals surface area contributed by atoms with Crippen molar-refractivity contribution in [2.45, 2.75) is 0 Å². The molecule has 1 aliphatic carbocycles. The fraction of sp³-hybridized carbons (Fsp3) is 0.0769. The molecular formula is C13H8O3S. The zero-order chi connectivity index (χ0) is 12.0. The molecule has 3 nitrogen and oxygen atoms in total. The van der Waals surface area contributed by atoms with Crippen molar-refractivity contribution in [3.05, 3.63) is 51.2 Å². The number of carbonyl (C=O) groups is 2. The Morgan fingerprint density at radius 3 is 2.59 bits per heavy atom. The zero-order valence-electron chi connectivity index (χ0n) is 9.02. The monoisotopic (exact) mass is 244 g/mol. The lowest BCUT2D eigenvalue weighted by Gasteiger charge is -2.14. The molecule has 0 spiro atoms. The normalized spacial score (nSPS) is 13.2. The van der Waals surface area contributed by atoms with Gasteiger partial charge >= 0.3 is 0 Å². The van der Waals surface area contributed by atoms with Crippen molar-refractivity contribution >= 4 is 22.9 Å². The summed E-state index contributed by atoms with van der Waals surface area (Å²) < 4.78 is 5.07. The Hall–Kier alpha value is -1.94. The molecule has 0 saturated heterocycles. The van der Waals surface area contributed by atoms with Crippen molar-refractivity contribution in [1.82, 2.24) is 0 Å². The number of hydrogen-bond donors (Lipinski definition) is 0. The summed E-state index contributed by atoms with van der Waals surface area (Å²) in [5, 5.41) is 1.77. The Morgan fingerprint density at radius 2 is 1.82 bits per heavy atom. The van der Waals surface area contributed by atoms with Crippen LogP contribution in [0.2, 0.25) is 0 Å². The number of benzene rings is 1. The summed E-state index contributed by atoms with van der Waals surface area (Å²) in [6, 6.07) is 6.67. The smallest absolute Gasteiger partial charge is 0.204 e. The molecule has 0 saturated carbocycles. The fourth-order valence-electron chi connectivity index (χ4n) is 1.97. The third-order valence-corrected chi connectivity index (χ3v) is 3.75. The summed E-state index contributed by atoms with van der Waals surface area (Å²) in [5.41, 5.74) is 1.40. The lowest BCUT2D eigenvalue weighted by Crippen LogP contribution is -2.18. The predicted molar refractivity (Wildman–Crippen MR) is 64.2 cm³/mol. The van der Waals surface area contributed by atoms with Gasteiger partial charge in [0.05, 0.1) is 12.0 Å². The van der Waals surface area contributed by atoms with Crippen LogP contribution in [-0.2, 0) is 0 Å². The molecule has 1 aromatic carbocycles. The minimum atomic E-state index is -0.102. The molecule has 0 bridgehead atoms. The number of thiophene rings is 1. The highest BCUT2D eigenvalue weighted by atomic mass is 32.1. The molecule has 17 heavy (non-hydrogen) atoms. The molecule has 4 heteroatoms. The maximum absolute atomic E-state index is 12.2. The lowest BCUT2D eigenvalue weighted by molar-refractivity contribution is 0.0982. The van der Waals surface area contributed by atoms with Crippen LogP contribution in [0.25, 0.3) is 0 Å². The van der Waals surface area contributed by atoms with Gasteiger partial charge in [-0.2, -0.15) is 0 Å². The van der Waals surface area contributed by atoms with Crippen LogP contribution in [-0.4, -0.2) is 18.7 Å². The average Bonchev–Trinajstić information content (AvgIpc) is 2.85. The Bertz CT molecular complexity index is 640. The van der Waals surface area contributed by atoms with Crippen molar-refractivity contribution in [2.75, 3.05) is 7.11 Å². The largest absolute Gasteiger partial charge is 0.497 e. The van der Waals surface area contributed by atoms with Crippen molar-refractivity contribution < 1.29 is 14.3 Å². The van der Waals surface area contributed by atoms with E-state index in [1.807, 2.05) is 0 Å². The van der Waals surface area contributed by atoms with Gasteiger partial charge in [0.25, 0.3) is 0 Å². The highest BCUT2D eigenvalue weighted by Crippen LogP contribution is 2.32. The molecule has 0 aliphatic heterocycles. The van der Waals surface area contributed by atoms with Crippen LogP contribution >= 0.6 is 11.3 Å². The number of methoxy groups -OCH3 is 1. The molecule has 0 atom stereocenters. The van der Waals surface area contributed by atoms with Crippen LogP contribution in [0.5, 0.6) is 5.75 Å². The van der Waals surface area contributed by atoms with Gasteiger partial charge in [-0.25, -0.2) is 0 Å². The molecule has 1 heterocycles. The molecule has 0 N–H and O–H groups in total. The Kier molecular flexibility index (Phi) is 2.12. The van der Waals surface area contributed by atoms with Crippen LogP contribution in [0, 0.1) is 0 Å². The maximum Gasteiger partial charge on any atom is 0.204 e. The molecule has 1 aliphatic rings. The third kappa shape index (κ3) is 1.34. The quantitative estimate of drug-likeness (QED) is 0.660. The molecule has 0 amide bonds. The predicted octanol–water partition coefficient (Wildman–Crippen LogP) is 2.53. The zero-order valence-corrected chi connectivity index (χ0v) is 9.84. The van der Waals surface area contributed by atoms with E-state index in [9.17, 15) is 9.59 Å². The van der Waals surface area contributed by atoms with Crippen molar-refractivity contribution in [3.8, 4) is 5.75 Å². The van der Waals surface area contributed by atoms with E-state index < -0.39 is 0 Å². The van der Waals surface area contributed by atoms with E-state index in [1.54, 1.807) is 29.6 Å². The van der Waals surface area contributed by atoms with Crippen molar-refractivity contribution in [3.63, 3.8) is 0 Å². The van der Waals surface area contributed by atoms with E-state index in [4.69, 9.17) is 4.74 Å². The van der Waals surface area contributed by atoms with E-state index in [-0.39, 0.29) is 11.6 Å². The van der Waals surface area contributed by atoms with Crippen LogP contribution in [0.15, 0.2) is 29.6 Å². The second-order valence-corrected chi connectivity index (χ2v) is 4.65. The number of ketones is 2. The molecule has 1 aromatic heterocycles. The number of ether oxygens (including phenoxy) is 1. The van der Waals surface area contributed by atoms with Gasteiger partial charge in [0.1, 0.15) is 5.75 Å². The van der Waals surface area contributed by atoms with Gasteiger partial charge in [-0.15, -0.1) is 11.3 Å². The topological polar surface area (TPSA) is 43.4 Å². The molecular weight excluding hydrogens is 236 g/mol. The number of carbonyl (C=O) groups excluding carboxylic acids is 2. The molecule has 84 valence electrons. The third-order valence-electron chi connectivity index (χ3n) is 2.83. The van der Waals surface area contributed by atoms with Crippen molar-refractivity contribution in [1.29, 1.82) is 0 Å². The highest BCUT2D eigenvalue weighted by molar-refractivity contribution is 7.12. The van der Waals surface area contributed by atoms with Crippen LogP contribution in [0.4, 0.5) is 0 Å². The van der Waals surface area contributed by atoms with E-state index in [2.05, 4.69) is 0 Å². The van der Waals surface area contributed by atoms with Gasteiger partial charge in [0.2, 0.25) is 5.78 Å². The summed E-state index contributed by atoms with van der Waals surface area (Å²) in [5.74, 6) is 0.408. The first kappa shape index (κ1) is 10.2. The minimum Gasteiger partial charge on any atom is -0.497 e. The molecule has 0 unspecified atom stereocenters. The Labute approximate surface area is 102 Å². The minimum absolute atomic E-state index is 0.0766. The molecule has 2 aromatic rings. The van der Waals surface area contributed by atoms with E-state index in [0.717, 1.165) is 0 Å².